The molecule has 0 bridgehead atoms. The Morgan fingerprint density at radius 3 is 2.62 bits per heavy atom. The number of ether oxygens (including phenoxy) is 2. The summed E-state index contributed by atoms with van der Waals surface area (Å²) in [7, 11) is 1.26. The second-order valence-electron chi connectivity index (χ2n) is 5.81. The molecule has 0 aliphatic rings. The number of carbonyl (C=O) groups is 2. The maximum absolute atomic E-state index is 11.7. The minimum absolute atomic E-state index is 0.0848. The average Bonchev–Trinajstić information content (AvgIpc) is 3.09. The first kappa shape index (κ1) is 17.5. The lowest BCUT2D eigenvalue weighted by Crippen LogP contribution is -2.39. The predicted octanol–water partition coefficient (Wildman–Crippen LogP) is 3.89. The van der Waals surface area contributed by atoms with Crippen LogP contribution in [-0.2, 0) is 20.9 Å². The first-order chi connectivity index (χ1) is 12.6. The quantitative estimate of drug-likeness (QED) is 0.704. The molecule has 1 atom stereocenters. The lowest BCUT2D eigenvalue weighted by molar-refractivity contribution is -0.142. The van der Waals surface area contributed by atoms with Gasteiger partial charge >= 0.3 is 12.1 Å². The van der Waals surface area contributed by atoms with Crippen molar-refractivity contribution in [1.29, 1.82) is 0 Å². The summed E-state index contributed by atoms with van der Waals surface area (Å²) >= 11 is 0. The van der Waals surface area contributed by atoms with Crippen LogP contribution in [0.1, 0.15) is 12.5 Å². The summed E-state index contributed by atoms with van der Waals surface area (Å²) in [5, 5.41) is 3.33. The SMILES string of the molecule is COC(=O)C(C)NC(=O)OCc1ccc2oc(-c3ccccc3)cc2c1. The maximum atomic E-state index is 11.7. The molecule has 1 unspecified atom stereocenters. The molecule has 1 amide bonds. The molecular formula is C20H19NO5. The molecule has 2 aromatic carbocycles. The van der Waals surface area contributed by atoms with Crippen molar-refractivity contribution in [1.82, 2.24) is 5.32 Å². The Bertz CT molecular complexity index is 916. The molecule has 0 saturated heterocycles. The van der Waals surface area contributed by atoms with Crippen molar-refractivity contribution in [3.05, 3.63) is 60.2 Å². The Labute approximate surface area is 150 Å². The van der Waals surface area contributed by atoms with E-state index in [9.17, 15) is 9.59 Å². The summed E-state index contributed by atoms with van der Waals surface area (Å²) in [5.41, 5.74) is 2.58. The van der Waals surface area contributed by atoms with Gasteiger partial charge in [-0.05, 0) is 30.7 Å². The Morgan fingerprint density at radius 2 is 1.88 bits per heavy atom. The van der Waals surface area contributed by atoms with Crippen LogP contribution in [-0.4, -0.2) is 25.2 Å². The van der Waals surface area contributed by atoms with Gasteiger partial charge < -0.3 is 19.2 Å². The van der Waals surface area contributed by atoms with Crippen LogP contribution in [0.15, 0.2) is 59.0 Å². The van der Waals surface area contributed by atoms with Gasteiger partial charge in [-0.1, -0.05) is 36.4 Å². The third kappa shape index (κ3) is 4.03. The summed E-state index contributed by atoms with van der Waals surface area (Å²) in [6.07, 6.45) is -0.680. The number of carbonyl (C=O) groups excluding carboxylic acids is 2. The molecule has 3 rings (SSSR count). The van der Waals surface area contributed by atoms with Gasteiger partial charge in [-0.25, -0.2) is 9.59 Å². The zero-order valence-corrected chi connectivity index (χ0v) is 14.5. The fourth-order valence-electron chi connectivity index (χ4n) is 2.53. The number of amides is 1. The van der Waals surface area contributed by atoms with Crippen LogP contribution in [0.4, 0.5) is 4.79 Å². The van der Waals surface area contributed by atoms with Gasteiger partial charge in [0.1, 0.15) is 24.0 Å². The minimum atomic E-state index is -0.766. The van der Waals surface area contributed by atoms with E-state index >= 15 is 0 Å². The molecular weight excluding hydrogens is 334 g/mol. The number of alkyl carbamates (subject to hydrolysis) is 1. The summed E-state index contributed by atoms with van der Waals surface area (Å²) < 4.78 is 15.5. The van der Waals surface area contributed by atoms with E-state index < -0.39 is 18.1 Å². The number of furan rings is 1. The smallest absolute Gasteiger partial charge is 0.408 e. The molecule has 0 radical (unpaired) electrons. The summed E-state index contributed by atoms with van der Waals surface area (Å²) in [5.74, 6) is 0.249. The molecule has 0 aliphatic heterocycles. The molecule has 6 heteroatoms. The third-order valence-corrected chi connectivity index (χ3v) is 3.90. The van der Waals surface area contributed by atoms with Crippen molar-refractivity contribution in [3.63, 3.8) is 0 Å². The van der Waals surface area contributed by atoms with E-state index in [2.05, 4.69) is 10.1 Å². The molecule has 6 nitrogen and oxygen atoms in total. The molecule has 0 spiro atoms. The van der Waals surface area contributed by atoms with Crippen LogP contribution in [0.3, 0.4) is 0 Å². The minimum Gasteiger partial charge on any atom is -0.467 e. The molecule has 1 aromatic heterocycles. The zero-order valence-electron chi connectivity index (χ0n) is 14.5. The Hall–Kier alpha value is -3.28. The van der Waals surface area contributed by atoms with Gasteiger partial charge in [-0.3, -0.25) is 0 Å². The normalized spacial score (nSPS) is 11.8. The Morgan fingerprint density at radius 1 is 1.12 bits per heavy atom. The van der Waals surface area contributed by atoms with Crippen molar-refractivity contribution < 1.29 is 23.5 Å². The molecule has 0 fully saturated rings. The highest BCUT2D eigenvalue weighted by Crippen LogP contribution is 2.28. The van der Waals surface area contributed by atoms with Crippen molar-refractivity contribution in [2.45, 2.75) is 19.6 Å². The van der Waals surface area contributed by atoms with Crippen molar-refractivity contribution in [3.8, 4) is 11.3 Å². The van der Waals surface area contributed by atoms with E-state index in [0.29, 0.717) is 0 Å². The molecule has 1 N–H and O–H groups in total. The van der Waals surface area contributed by atoms with Gasteiger partial charge in [0.2, 0.25) is 0 Å². The number of hydrogen-bond acceptors (Lipinski definition) is 5. The van der Waals surface area contributed by atoms with E-state index in [1.165, 1.54) is 14.0 Å². The Kier molecular flexibility index (Phi) is 5.22. The molecule has 0 saturated carbocycles. The standard InChI is InChI=1S/C20H19NO5/c1-13(19(22)24-2)21-20(23)25-12-14-8-9-17-16(10-14)11-18(26-17)15-6-4-3-5-7-15/h3-11,13H,12H2,1-2H3,(H,21,23). The van der Waals surface area contributed by atoms with Crippen LogP contribution >= 0.6 is 0 Å². The largest absolute Gasteiger partial charge is 0.467 e. The van der Waals surface area contributed by atoms with Crippen molar-refractivity contribution >= 4 is 23.0 Å². The highest BCUT2D eigenvalue weighted by Gasteiger charge is 2.16. The molecule has 26 heavy (non-hydrogen) atoms. The van der Waals surface area contributed by atoms with Crippen molar-refractivity contribution in [2.75, 3.05) is 7.11 Å². The first-order valence-corrected chi connectivity index (χ1v) is 8.16. The molecule has 0 aliphatic carbocycles. The van der Waals surface area contributed by atoms with E-state index in [4.69, 9.17) is 9.15 Å². The lowest BCUT2D eigenvalue weighted by atomic mass is 10.1. The highest BCUT2D eigenvalue weighted by molar-refractivity contribution is 5.83. The zero-order chi connectivity index (χ0) is 18.5. The van der Waals surface area contributed by atoms with Crippen molar-refractivity contribution in [2.24, 2.45) is 0 Å². The van der Waals surface area contributed by atoms with Crippen LogP contribution in [0.5, 0.6) is 0 Å². The fraction of sp³-hybridized carbons (Fsp3) is 0.200. The molecule has 3 aromatic rings. The third-order valence-electron chi connectivity index (χ3n) is 3.90. The molecule has 1 heterocycles. The summed E-state index contributed by atoms with van der Waals surface area (Å²) in [6, 6.07) is 16.6. The van der Waals surface area contributed by atoms with Gasteiger partial charge in [-0.2, -0.15) is 0 Å². The van der Waals surface area contributed by atoms with Gasteiger partial charge in [0.15, 0.2) is 0 Å². The summed E-state index contributed by atoms with van der Waals surface area (Å²) in [4.78, 5) is 23.0. The van der Waals surface area contributed by atoms with Crippen LogP contribution in [0, 0.1) is 0 Å². The van der Waals surface area contributed by atoms with Crippen LogP contribution < -0.4 is 5.32 Å². The number of nitrogens with one attached hydrogen (secondary N) is 1. The maximum Gasteiger partial charge on any atom is 0.408 e. The topological polar surface area (TPSA) is 77.8 Å². The second kappa shape index (κ2) is 7.74. The van der Waals surface area contributed by atoms with E-state index in [0.717, 1.165) is 27.9 Å². The number of fused-ring (bicyclic) bond motifs is 1. The number of hydrogen-bond donors (Lipinski definition) is 1. The molecule has 134 valence electrons. The van der Waals surface area contributed by atoms with Gasteiger partial charge in [0, 0.05) is 10.9 Å². The monoisotopic (exact) mass is 353 g/mol. The van der Waals surface area contributed by atoms with Gasteiger partial charge in [0.05, 0.1) is 7.11 Å². The van der Waals surface area contributed by atoms with E-state index in [1.807, 2.05) is 54.6 Å². The van der Waals surface area contributed by atoms with Gasteiger partial charge in [0.25, 0.3) is 0 Å². The fourth-order valence-corrected chi connectivity index (χ4v) is 2.53. The predicted molar refractivity (Wildman–Crippen MR) is 96.4 cm³/mol. The number of esters is 1. The van der Waals surface area contributed by atoms with Crippen LogP contribution in [0.2, 0.25) is 0 Å². The number of methoxy groups -OCH3 is 1. The first-order valence-electron chi connectivity index (χ1n) is 8.16. The van der Waals surface area contributed by atoms with E-state index in [-0.39, 0.29) is 6.61 Å². The summed E-state index contributed by atoms with van der Waals surface area (Å²) in [6.45, 7) is 1.61. The number of benzene rings is 2. The number of rotatable bonds is 5. The Balaban J connectivity index is 1.66. The van der Waals surface area contributed by atoms with Gasteiger partial charge in [-0.15, -0.1) is 0 Å². The second-order valence-corrected chi connectivity index (χ2v) is 5.81. The highest BCUT2D eigenvalue weighted by atomic mass is 16.6. The lowest BCUT2D eigenvalue weighted by Gasteiger charge is -2.11. The van der Waals surface area contributed by atoms with Crippen LogP contribution in [0.25, 0.3) is 22.3 Å². The average molecular weight is 353 g/mol. The van der Waals surface area contributed by atoms with E-state index in [1.54, 1.807) is 0 Å².